The molecule has 0 radical (unpaired) electrons. The highest BCUT2D eigenvalue weighted by atomic mass is 16.3. The van der Waals surface area contributed by atoms with Crippen molar-refractivity contribution in [3.8, 4) is 27.9 Å². The maximum Gasteiger partial charge on any atom is 0.137 e. The molecule has 0 unspecified atom stereocenters. The summed E-state index contributed by atoms with van der Waals surface area (Å²) in [4.78, 5) is 0. The van der Waals surface area contributed by atoms with Gasteiger partial charge < -0.3 is 13.4 Å². The molecule has 10 rings (SSSR count). The number of furan rings is 2. The Labute approximate surface area is 258 Å². The lowest BCUT2D eigenvalue weighted by atomic mass is 9.99. The first-order chi connectivity index (χ1) is 22.3. The fourth-order valence-corrected chi connectivity index (χ4v) is 7.10. The number of hydrogen-bond donors (Lipinski definition) is 0. The predicted molar refractivity (Wildman–Crippen MR) is 186 cm³/mol. The summed E-state index contributed by atoms with van der Waals surface area (Å²) in [5, 5.41) is 7.05. The van der Waals surface area contributed by atoms with Gasteiger partial charge in [-0.15, -0.1) is 0 Å². The van der Waals surface area contributed by atoms with Crippen molar-refractivity contribution in [2.45, 2.75) is 0 Å². The van der Waals surface area contributed by atoms with E-state index in [4.69, 9.17) is 8.83 Å². The van der Waals surface area contributed by atoms with Gasteiger partial charge in [0, 0.05) is 32.6 Å². The van der Waals surface area contributed by atoms with Gasteiger partial charge >= 0.3 is 0 Å². The lowest BCUT2D eigenvalue weighted by Gasteiger charge is -2.11. The minimum absolute atomic E-state index is 0.907. The van der Waals surface area contributed by atoms with Crippen molar-refractivity contribution in [2.75, 3.05) is 0 Å². The molecule has 0 N–H and O–H groups in total. The van der Waals surface area contributed by atoms with Gasteiger partial charge in [0.05, 0.1) is 16.4 Å². The third-order valence-corrected chi connectivity index (χ3v) is 9.23. The quantitative estimate of drug-likeness (QED) is 0.210. The normalized spacial score (nSPS) is 12.0. The number of fused-ring (bicyclic) bond motifs is 10. The summed E-state index contributed by atoms with van der Waals surface area (Å²) < 4.78 is 14.7. The fraction of sp³-hybridized carbons (Fsp3) is 0. The highest BCUT2D eigenvalue weighted by Crippen LogP contribution is 2.41. The van der Waals surface area contributed by atoms with Gasteiger partial charge in [-0.2, -0.15) is 0 Å². The van der Waals surface area contributed by atoms with E-state index in [0.717, 1.165) is 49.6 Å². The first-order valence-electron chi connectivity index (χ1n) is 15.3. The SMILES string of the molecule is c1ccc2c(c1)oc1ccc(-c3ccc(-c4ccc(-n5c6ccccc6c6ccc7oc8ccccc8c7c65)cc4)cc3)cc12. The summed E-state index contributed by atoms with van der Waals surface area (Å²) >= 11 is 0. The molecule has 0 amide bonds. The Kier molecular flexibility index (Phi) is 5.00. The molecule has 0 fully saturated rings. The van der Waals surface area contributed by atoms with Crippen LogP contribution in [0.1, 0.15) is 0 Å². The molecule has 0 aliphatic carbocycles. The molecular weight excluding hydrogens is 550 g/mol. The van der Waals surface area contributed by atoms with Gasteiger partial charge in [0.25, 0.3) is 0 Å². The third kappa shape index (κ3) is 3.58. The zero-order chi connectivity index (χ0) is 29.5. The number of aromatic nitrogens is 1. The number of rotatable bonds is 3. The number of nitrogens with zero attached hydrogens (tertiary/aromatic N) is 1. The van der Waals surface area contributed by atoms with Crippen LogP contribution in [0, 0.1) is 0 Å². The summed E-state index contributed by atoms with van der Waals surface area (Å²) in [6.45, 7) is 0. The average molecular weight is 576 g/mol. The minimum Gasteiger partial charge on any atom is -0.456 e. The minimum atomic E-state index is 0.907. The van der Waals surface area contributed by atoms with E-state index in [1.807, 2.05) is 24.3 Å². The summed E-state index contributed by atoms with van der Waals surface area (Å²) in [6.07, 6.45) is 0. The van der Waals surface area contributed by atoms with Crippen molar-refractivity contribution in [1.82, 2.24) is 4.57 Å². The smallest absolute Gasteiger partial charge is 0.137 e. The van der Waals surface area contributed by atoms with Crippen molar-refractivity contribution < 1.29 is 8.83 Å². The van der Waals surface area contributed by atoms with Gasteiger partial charge in [0.15, 0.2) is 0 Å². The summed E-state index contributed by atoms with van der Waals surface area (Å²) in [5.41, 5.74) is 11.9. The van der Waals surface area contributed by atoms with Gasteiger partial charge in [0.1, 0.15) is 22.3 Å². The molecule has 0 saturated heterocycles. The van der Waals surface area contributed by atoms with Gasteiger partial charge in [-0.3, -0.25) is 0 Å². The van der Waals surface area contributed by atoms with Crippen LogP contribution < -0.4 is 0 Å². The monoisotopic (exact) mass is 575 g/mol. The molecule has 0 saturated carbocycles. The Morgan fingerprint density at radius 1 is 0.356 bits per heavy atom. The van der Waals surface area contributed by atoms with Crippen molar-refractivity contribution >= 4 is 65.7 Å². The van der Waals surface area contributed by atoms with Crippen LogP contribution in [0.15, 0.2) is 160 Å². The molecule has 210 valence electrons. The van der Waals surface area contributed by atoms with Crippen molar-refractivity contribution in [1.29, 1.82) is 0 Å². The van der Waals surface area contributed by atoms with Crippen LogP contribution in [0.25, 0.3) is 93.6 Å². The highest BCUT2D eigenvalue weighted by Gasteiger charge is 2.18. The maximum absolute atomic E-state index is 6.28. The van der Waals surface area contributed by atoms with Crippen LogP contribution >= 0.6 is 0 Å². The Morgan fingerprint density at radius 2 is 0.889 bits per heavy atom. The molecule has 0 bridgehead atoms. The molecule has 3 heterocycles. The molecule has 7 aromatic carbocycles. The molecule has 0 atom stereocenters. The predicted octanol–water partition coefficient (Wildman–Crippen LogP) is 11.9. The van der Waals surface area contributed by atoms with Crippen LogP contribution in [0.2, 0.25) is 0 Å². The Bertz CT molecular complexity index is 2740. The Morgan fingerprint density at radius 3 is 1.67 bits per heavy atom. The standard InChI is InChI=1S/C42H25NO2/c1-4-10-36-31(7-1)33-22-24-40-41(34-9-3-6-12-38(34)45-40)42(33)43(36)30-20-17-27(18-21-30)26-13-15-28(16-14-26)29-19-23-39-35(25-29)32-8-2-5-11-37(32)44-39/h1-25H. The molecule has 3 aromatic heterocycles. The van der Waals surface area contributed by atoms with Gasteiger partial charge in [0.2, 0.25) is 0 Å². The van der Waals surface area contributed by atoms with Crippen LogP contribution in [-0.2, 0) is 0 Å². The topological polar surface area (TPSA) is 31.2 Å². The van der Waals surface area contributed by atoms with E-state index >= 15 is 0 Å². The van der Waals surface area contributed by atoms with E-state index in [-0.39, 0.29) is 0 Å². The molecule has 0 aliphatic rings. The first kappa shape index (κ1) is 24.4. The van der Waals surface area contributed by atoms with E-state index in [0.29, 0.717) is 0 Å². The highest BCUT2D eigenvalue weighted by molar-refractivity contribution is 6.24. The second-order valence-corrected chi connectivity index (χ2v) is 11.7. The van der Waals surface area contributed by atoms with E-state index in [1.54, 1.807) is 0 Å². The van der Waals surface area contributed by atoms with E-state index in [9.17, 15) is 0 Å². The molecule has 0 spiro atoms. The molecule has 3 nitrogen and oxygen atoms in total. The van der Waals surface area contributed by atoms with E-state index in [1.165, 1.54) is 44.1 Å². The van der Waals surface area contributed by atoms with E-state index in [2.05, 4.69) is 132 Å². The Hall–Kier alpha value is -6.06. The third-order valence-electron chi connectivity index (χ3n) is 9.23. The zero-order valence-electron chi connectivity index (χ0n) is 24.2. The Balaban J connectivity index is 1.07. The maximum atomic E-state index is 6.28. The summed E-state index contributed by atoms with van der Waals surface area (Å²) in [6, 6.07) is 53.7. The second kappa shape index (κ2) is 9.22. The molecule has 10 aromatic rings. The fourth-order valence-electron chi connectivity index (χ4n) is 7.10. The van der Waals surface area contributed by atoms with Crippen molar-refractivity contribution in [3.63, 3.8) is 0 Å². The molecule has 0 aliphatic heterocycles. The average Bonchev–Trinajstić information content (AvgIpc) is 3.77. The number of para-hydroxylation sites is 3. The van der Waals surface area contributed by atoms with Crippen molar-refractivity contribution in [3.05, 3.63) is 152 Å². The number of hydrogen-bond acceptors (Lipinski definition) is 2. The summed E-state index contributed by atoms with van der Waals surface area (Å²) in [5.74, 6) is 0. The van der Waals surface area contributed by atoms with E-state index < -0.39 is 0 Å². The number of benzene rings is 7. The van der Waals surface area contributed by atoms with Crippen LogP contribution in [0.3, 0.4) is 0 Å². The van der Waals surface area contributed by atoms with Gasteiger partial charge in [-0.05, 0) is 76.9 Å². The van der Waals surface area contributed by atoms with Crippen LogP contribution in [-0.4, -0.2) is 4.57 Å². The lowest BCUT2D eigenvalue weighted by molar-refractivity contribution is 0.668. The van der Waals surface area contributed by atoms with Crippen LogP contribution in [0.4, 0.5) is 0 Å². The second-order valence-electron chi connectivity index (χ2n) is 11.7. The molecule has 3 heteroatoms. The van der Waals surface area contributed by atoms with Gasteiger partial charge in [-0.25, -0.2) is 0 Å². The largest absolute Gasteiger partial charge is 0.456 e. The molecule has 45 heavy (non-hydrogen) atoms. The van der Waals surface area contributed by atoms with Gasteiger partial charge in [-0.1, -0.05) is 97.1 Å². The zero-order valence-corrected chi connectivity index (χ0v) is 24.2. The summed E-state index contributed by atoms with van der Waals surface area (Å²) in [7, 11) is 0. The first-order valence-corrected chi connectivity index (χ1v) is 15.3. The van der Waals surface area contributed by atoms with Crippen LogP contribution in [0.5, 0.6) is 0 Å². The lowest BCUT2D eigenvalue weighted by Crippen LogP contribution is -1.94. The molecular formula is C42H25NO2. The van der Waals surface area contributed by atoms with Crippen molar-refractivity contribution in [2.24, 2.45) is 0 Å².